The molecule has 13 heteroatoms. The fourth-order valence-electron chi connectivity index (χ4n) is 4.79. The number of benzene rings is 3. The molecule has 1 aromatic heterocycles. The first-order chi connectivity index (χ1) is 22.4. The molecular formula is C33H36FN5O7. The minimum absolute atomic E-state index is 0.00438. The van der Waals surface area contributed by atoms with E-state index in [0.29, 0.717) is 57.5 Å². The quantitative estimate of drug-likeness (QED) is 0.112. The van der Waals surface area contributed by atoms with Crippen molar-refractivity contribution < 1.29 is 37.6 Å². The summed E-state index contributed by atoms with van der Waals surface area (Å²) in [7, 11) is 4.58. The highest BCUT2D eigenvalue weighted by atomic mass is 19.1. The van der Waals surface area contributed by atoms with Crippen LogP contribution in [0.3, 0.4) is 0 Å². The van der Waals surface area contributed by atoms with Gasteiger partial charge in [-0.1, -0.05) is 0 Å². The summed E-state index contributed by atoms with van der Waals surface area (Å²) in [5.74, 6) is 1.90. The predicted octanol–water partition coefficient (Wildman–Crippen LogP) is 5.45. The van der Waals surface area contributed by atoms with Gasteiger partial charge < -0.3 is 33.7 Å². The van der Waals surface area contributed by atoms with E-state index in [2.05, 4.69) is 25.7 Å². The van der Waals surface area contributed by atoms with Gasteiger partial charge in [0.2, 0.25) is 0 Å². The van der Waals surface area contributed by atoms with E-state index >= 15 is 4.39 Å². The van der Waals surface area contributed by atoms with Crippen LogP contribution in [0.2, 0.25) is 0 Å². The minimum Gasteiger partial charge on any atom is -0.497 e. The van der Waals surface area contributed by atoms with Crippen molar-refractivity contribution in [2.24, 2.45) is 5.10 Å². The molecule has 3 aromatic carbocycles. The Morgan fingerprint density at radius 3 is 2.46 bits per heavy atom. The van der Waals surface area contributed by atoms with E-state index in [-0.39, 0.29) is 5.75 Å². The van der Waals surface area contributed by atoms with E-state index in [1.54, 1.807) is 55.8 Å². The van der Waals surface area contributed by atoms with Crippen molar-refractivity contribution in [1.82, 2.24) is 15.3 Å². The maximum Gasteiger partial charge on any atom is 0.339 e. The molecule has 0 aliphatic carbocycles. The summed E-state index contributed by atoms with van der Waals surface area (Å²) in [5, 5.41) is 7.16. The Hall–Kier alpha value is -5.14. The third-order valence-electron chi connectivity index (χ3n) is 7.13. The van der Waals surface area contributed by atoms with E-state index in [1.165, 1.54) is 32.6 Å². The fraction of sp³-hybridized carbons (Fsp3) is 0.303. The van der Waals surface area contributed by atoms with Gasteiger partial charge >= 0.3 is 6.03 Å². The van der Waals surface area contributed by atoms with Crippen LogP contribution >= 0.6 is 0 Å². The maximum atomic E-state index is 15.1. The molecule has 0 unspecified atom stereocenters. The van der Waals surface area contributed by atoms with E-state index in [9.17, 15) is 4.79 Å². The summed E-state index contributed by atoms with van der Waals surface area (Å²) < 4.78 is 48.5. The van der Waals surface area contributed by atoms with Gasteiger partial charge in [-0.2, -0.15) is 5.10 Å². The number of aromatic nitrogens is 1. The highest BCUT2D eigenvalue weighted by Crippen LogP contribution is 2.37. The van der Waals surface area contributed by atoms with E-state index in [4.69, 9.17) is 28.4 Å². The van der Waals surface area contributed by atoms with Crippen LogP contribution in [0.25, 0.3) is 10.9 Å². The Balaban J connectivity index is 1.20. The van der Waals surface area contributed by atoms with Crippen LogP contribution in [-0.4, -0.2) is 82.9 Å². The number of nitrogens with zero attached hydrogens (tertiary/aromatic N) is 3. The number of morpholine rings is 1. The zero-order valence-corrected chi connectivity index (χ0v) is 25.9. The first-order valence-electron chi connectivity index (χ1n) is 14.7. The molecule has 1 aliphatic heterocycles. The average molecular weight is 634 g/mol. The van der Waals surface area contributed by atoms with Crippen molar-refractivity contribution >= 4 is 28.8 Å². The number of hydrazone groups is 1. The Morgan fingerprint density at radius 1 is 0.957 bits per heavy atom. The number of hydrogen-bond donors (Lipinski definition) is 2. The van der Waals surface area contributed by atoms with Gasteiger partial charge in [-0.25, -0.2) is 14.6 Å². The number of urea groups is 1. The Kier molecular flexibility index (Phi) is 11.0. The number of amides is 2. The molecule has 5 rings (SSSR count). The molecule has 0 atom stereocenters. The Labute approximate surface area is 266 Å². The standard InChI is InChI=1S/C33H36FN5O7/c1-41-24-16-23(17-25(18-24)42-2)37-33(40)38-36-21-22-5-6-30(27(34)15-22)46-29-7-8-35-28-20-32(31(43-3)19-26(28)29)45-12-4-9-39-10-13-44-14-11-39/h5-8,15-21H,4,9-14H2,1-3H3,(H2,37,38,40)/b36-21+. The van der Waals surface area contributed by atoms with E-state index in [1.807, 2.05) is 0 Å². The number of halogens is 1. The molecule has 1 fully saturated rings. The molecule has 0 radical (unpaired) electrons. The van der Waals surface area contributed by atoms with E-state index in [0.717, 1.165) is 39.3 Å². The van der Waals surface area contributed by atoms with Crippen molar-refractivity contribution in [3.63, 3.8) is 0 Å². The maximum absolute atomic E-state index is 15.1. The largest absolute Gasteiger partial charge is 0.497 e. The molecule has 2 N–H and O–H groups in total. The summed E-state index contributed by atoms with van der Waals surface area (Å²) in [6.07, 6.45) is 3.76. The molecule has 0 bridgehead atoms. The molecule has 1 aliphatic rings. The van der Waals surface area contributed by atoms with Crippen molar-refractivity contribution in [1.29, 1.82) is 0 Å². The van der Waals surface area contributed by atoms with Crippen LogP contribution in [0.15, 0.2) is 65.9 Å². The summed E-state index contributed by atoms with van der Waals surface area (Å²) in [4.78, 5) is 19.1. The summed E-state index contributed by atoms with van der Waals surface area (Å²) in [5.41, 5.74) is 3.81. The van der Waals surface area contributed by atoms with Crippen LogP contribution in [0.5, 0.6) is 34.5 Å². The number of carbonyl (C=O) groups is 1. The number of hydrogen-bond acceptors (Lipinski definition) is 10. The number of anilines is 1. The van der Waals surface area contributed by atoms with Crippen molar-refractivity contribution in [2.75, 3.05) is 66.1 Å². The van der Waals surface area contributed by atoms with Crippen LogP contribution in [0.1, 0.15) is 12.0 Å². The second-order valence-electron chi connectivity index (χ2n) is 10.2. The number of pyridine rings is 1. The molecule has 46 heavy (non-hydrogen) atoms. The van der Waals surface area contributed by atoms with E-state index < -0.39 is 11.8 Å². The Morgan fingerprint density at radius 2 is 1.74 bits per heavy atom. The van der Waals surface area contributed by atoms with Gasteiger partial charge in [0.05, 0.1) is 52.9 Å². The van der Waals surface area contributed by atoms with Crippen molar-refractivity contribution in [2.45, 2.75) is 6.42 Å². The van der Waals surface area contributed by atoms with Gasteiger partial charge in [0.25, 0.3) is 0 Å². The lowest BCUT2D eigenvalue weighted by molar-refractivity contribution is 0.0357. The summed E-state index contributed by atoms with van der Waals surface area (Å²) >= 11 is 0. The highest BCUT2D eigenvalue weighted by molar-refractivity contribution is 5.91. The normalized spacial score (nSPS) is 13.4. The minimum atomic E-state index is -0.617. The lowest BCUT2D eigenvalue weighted by atomic mass is 10.1. The van der Waals surface area contributed by atoms with Gasteiger partial charge in [-0.15, -0.1) is 0 Å². The summed E-state index contributed by atoms with van der Waals surface area (Å²) in [6, 6.07) is 13.9. The summed E-state index contributed by atoms with van der Waals surface area (Å²) in [6.45, 7) is 4.84. The third kappa shape index (κ3) is 8.52. The lowest BCUT2D eigenvalue weighted by Crippen LogP contribution is -2.37. The van der Waals surface area contributed by atoms with Gasteiger partial charge in [0.1, 0.15) is 17.2 Å². The zero-order valence-electron chi connectivity index (χ0n) is 25.9. The van der Waals surface area contributed by atoms with Gasteiger partial charge in [-0.3, -0.25) is 9.88 Å². The fourth-order valence-corrected chi connectivity index (χ4v) is 4.79. The predicted molar refractivity (Wildman–Crippen MR) is 171 cm³/mol. The molecule has 12 nitrogen and oxygen atoms in total. The monoisotopic (exact) mass is 633 g/mol. The van der Waals surface area contributed by atoms with Gasteiger partial charge in [0.15, 0.2) is 23.1 Å². The third-order valence-corrected chi connectivity index (χ3v) is 7.13. The zero-order chi connectivity index (χ0) is 32.3. The number of carbonyl (C=O) groups excluding carboxylic acids is 1. The average Bonchev–Trinajstić information content (AvgIpc) is 3.07. The molecule has 1 saturated heterocycles. The smallest absolute Gasteiger partial charge is 0.339 e. The number of fused-ring (bicyclic) bond motifs is 1. The molecule has 2 amide bonds. The second kappa shape index (κ2) is 15.7. The van der Waals surface area contributed by atoms with Crippen molar-refractivity contribution in [3.8, 4) is 34.5 Å². The van der Waals surface area contributed by atoms with Crippen LogP contribution < -0.4 is 34.4 Å². The Bertz CT molecular complexity index is 1660. The number of ether oxygens (including phenoxy) is 6. The SMILES string of the molecule is COc1cc(NC(=O)N/N=C/c2ccc(Oc3ccnc4cc(OCCCN5CCOCC5)c(OC)cc34)c(F)c2)cc(OC)c1. The topological polar surface area (TPSA) is 125 Å². The highest BCUT2D eigenvalue weighted by Gasteiger charge is 2.15. The van der Waals surface area contributed by atoms with Gasteiger partial charge in [0, 0.05) is 61.2 Å². The van der Waals surface area contributed by atoms with Crippen molar-refractivity contribution in [3.05, 3.63) is 72.2 Å². The van der Waals surface area contributed by atoms with Crippen LogP contribution in [0.4, 0.5) is 14.9 Å². The first kappa shape index (κ1) is 32.3. The molecule has 4 aromatic rings. The number of nitrogens with one attached hydrogen (secondary N) is 2. The first-order valence-corrected chi connectivity index (χ1v) is 14.7. The lowest BCUT2D eigenvalue weighted by Gasteiger charge is -2.26. The molecule has 0 spiro atoms. The van der Waals surface area contributed by atoms with Gasteiger partial charge in [-0.05, 0) is 42.3 Å². The molecule has 2 heterocycles. The van der Waals surface area contributed by atoms with Crippen LogP contribution in [0, 0.1) is 5.82 Å². The van der Waals surface area contributed by atoms with Crippen LogP contribution in [-0.2, 0) is 4.74 Å². The number of methoxy groups -OCH3 is 3. The molecular weight excluding hydrogens is 597 g/mol. The second-order valence-corrected chi connectivity index (χ2v) is 10.2. The molecule has 242 valence electrons. The number of rotatable bonds is 13. The molecule has 0 saturated carbocycles.